The van der Waals surface area contributed by atoms with Gasteiger partial charge in [0.05, 0.1) is 10.6 Å². The lowest BCUT2D eigenvalue weighted by atomic mass is 9.96. The molecule has 4 nitrogen and oxygen atoms in total. The van der Waals surface area contributed by atoms with E-state index in [0.717, 1.165) is 6.07 Å². The second kappa shape index (κ2) is 6.44. The molecule has 3 N–H and O–H groups in total. The molecule has 0 saturated carbocycles. The fraction of sp³-hybridized carbons (Fsp3) is 0.533. The average molecular weight is 362 g/mol. The number of anilines is 1. The van der Waals surface area contributed by atoms with E-state index in [1.54, 1.807) is 0 Å². The number of alkyl halides is 3. The van der Waals surface area contributed by atoms with Crippen LogP contribution in [0.3, 0.4) is 0 Å². The van der Waals surface area contributed by atoms with Gasteiger partial charge in [-0.05, 0) is 36.9 Å². The first-order valence-corrected chi connectivity index (χ1v) is 8.54. The number of fused-ring (bicyclic) bond motifs is 1. The van der Waals surface area contributed by atoms with Crippen LogP contribution in [0.25, 0.3) is 0 Å². The van der Waals surface area contributed by atoms with Crippen molar-refractivity contribution in [2.45, 2.75) is 49.3 Å². The van der Waals surface area contributed by atoms with E-state index in [9.17, 15) is 17.6 Å². The molecule has 2 atom stereocenters. The summed E-state index contributed by atoms with van der Waals surface area (Å²) in [5.41, 5.74) is 6.30. The van der Waals surface area contributed by atoms with Gasteiger partial charge in [0.1, 0.15) is 23.4 Å². The van der Waals surface area contributed by atoms with Gasteiger partial charge in [-0.2, -0.15) is 13.2 Å². The Balaban J connectivity index is 2.08. The molecule has 2 heterocycles. The number of amidine groups is 1. The molecule has 0 amide bonds. The Morgan fingerprint density at radius 3 is 2.83 bits per heavy atom. The molecule has 1 saturated heterocycles. The summed E-state index contributed by atoms with van der Waals surface area (Å²) in [6, 6.07) is 0.178. The highest BCUT2D eigenvalue weighted by Crippen LogP contribution is 2.44. The van der Waals surface area contributed by atoms with E-state index in [-0.39, 0.29) is 18.7 Å². The zero-order chi connectivity index (χ0) is 17.5. The Hall–Kier alpha value is -1.48. The summed E-state index contributed by atoms with van der Waals surface area (Å²) in [7, 11) is 0. The van der Waals surface area contributed by atoms with Crippen molar-refractivity contribution >= 4 is 29.2 Å². The van der Waals surface area contributed by atoms with Gasteiger partial charge in [0.25, 0.3) is 0 Å². The predicted molar refractivity (Wildman–Crippen MR) is 87.2 cm³/mol. The smallest absolute Gasteiger partial charge is 0.358 e. The highest BCUT2D eigenvalue weighted by atomic mass is 32.2. The molecule has 24 heavy (non-hydrogen) atoms. The lowest BCUT2D eigenvalue weighted by Gasteiger charge is -2.41. The Kier molecular flexibility index (Phi) is 4.65. The van der Waals surface area contributed by atoms with E-state index < -0.39 is 24.1 Å². The molecule has 2 aliphatic rings. The topological polar surface area (TPSA) is 53.6 Å². The third-order valence-corrected chi connectivity index (χ3v) is 5.08. The van der Waals surface area contributed by atoms with Crippen molar-refractivity contribution < 1.29 is 17.6 Å². The summed E-state index contributed by atoms with van der Waals surface area (Å²) in [6.07, 6.45) is -3.61. The molecule has 0 spiro atoms. The zero-order valence-electron chi connectivity index (χ0n) is 13.0. The molecular weight excluding hydrogens is 344 g/mol. The van der Waals surface area contributed by atoms with Crippen LogP contribution < -0.4 is 15.4 Å². The van der Waals surface area contributed by atoms with Crippen molar-refractivity contribution in [2.24, 2.45) is 10.7 Å². The third-order valence-electron chi connectivity index (χ3n) is 4.21. The quantitative estimate of drug-likeness (QED) is 0.622. The number of nitrogens with one attached hydrogen (secondary N) is 1. The minimum atomic E-state index is -4.44. The first kappa shape index (κ1) is 17.3. The summed E-state index contributed by atoms with van der Waals surface area (Å²) in [5.74, 6) is 0.0709. The number of halogens is 4. The van der Waals surface area contributed by atoms with Gasteiger partial charge in [-0.3, -0.25) is 0 Å². The van der Waals surface area contributed by atoms with Gasteiger partial charge in [-0.15, -0.1) is 0 Å². The van der Waals surface area contributed by atoms with Gasteiger partial charge in [0, 0.05) is 19.0 Å². The minimum absolute atomic E-state index is 0.121. The van der Waals surface area contributed by atoms with Crippen molar-refractivity contribution in [1.29, 1.82) is 0 Å². The molecule has 132 valence electrons. The number of hydrogen-bond donors (Lipinski definition) is 2. The number of piperidine rings is 1. The SMILES string of the molecule is CCC1=Nc2c(cc(F)cc2N2CC[C@H](N)C[C@@H]2C(F)(F)F)SN1. The second-order valence-corrected chi connectivity index (χ2v) is 6.77. The number of nitrogens with two attached hydrogens (primary N) is 1. The van der Waals surface area contributed by atoms with E-state index in [1.807, 2.05) is 6.92 Å². The molecule has 0 bridgehead atoms. The van der Waals surface area contributed by atoms with Gasteiger partial charge >= 0.3 is 6.18 Å². The molecule has 3 rings (SSSR count). The van der Waals surface area contributed by atoms with Gasteiger partial charge in [0.15, 0.2) is 0 Å². The number of aliphatic imine (C=N–C) groups is 1. The molecule has 1 fully saturated rings. The van der Waals surface area contributed by atoms with Crippen LogP contribution in [-0.4, -0.2) is 30.6 Å². The molecule has 0 aliphatic carbocycles. The fourth-order valence-corrected chi connectivity index (χ4v) is 3.82. The Labute approximate surface area is 141 Å². The number of rotatable bonds is 2. The third kappa shape index (κ3) is 3.32. The lowest BCUT2D eigenvalue weighted by molar-refractivity contribution is -0.153. The maximum atomic E-state index is 14.0. The van der Waals surface area contributed by atoms with E-state index in [2.05, 4.69) is 9.71 Å². The molecule has 1 aromatic rings. The molecule has 0 unspecified atom stereocenters. The maximum Gasteiger partial charge on any atom is 0.408 e. The Morgan fingerprint density at radius 1 is 1.42 bits per heavy atom. The van der Waals surface area contributed by atoms with Crippen LogP contribution in [0.15, 0.2) is 22.0 Å². The van der Waals surface area contributed by atoms with Gasteiger partial charge in [0.2, 0.25) is 0 Å². The van der Waals surface area contributed by atoms with E-state index in [0.29, 0.717) is 29.3 Å². The number of benzene rings is 1. The highest BCUT2D eigenvalue weighted by Gasteiger charge is 2.47. The van der Waals surface area contributed by atoms with Crippen LogP contribution >= 0.6 is 11.9 Å². The van der Waals surface area contributed by atoms with Crippen molar-refractivity contribution in [3.05, 3.63) is 17.9 Å². The second-order valence-electron chi connectivity index (χ2n) is 5.92. The lowest BCUT2D eigenvalue weighted by Crippen LogP contribution is -2.54. The summed E-state index contributed by atoms with van der Waals surface area (Å²) in [5, 5.41) is 0. The average Bonchev–Trinajstić information content (AvgIpc) is 2.53. The van der Waals surface area contributed by atoms with E-state index in [1.165, 1.54) is 22.9 Å². The van der Waals surface area contributed by atoms with E-state index >= 15 is 0 Å². The van der Waals surface area contributed by atoms with Gasteiger partial charge in [-0.1, -0.05) is 6.92 Å². The Bertz CT molecular complexity index is 662. The largest absolute Gasteiger partial charge is 0.408 e. The molecule has 0 aromatic heterocycles. The van der Waals surface area contributed by atoms with Crippen molar-refractivity contribution in [2.75, 3.05) is 11.4 Å². The molecular formula is C15H18F4N4S. The molecule has 9 heteroatoms. The van der Waals surface area contributed by atoms with Crippen LogP contribution in [0.4, 0.5) is 28.9 Å². The van der Waals surface area contributed by atoms with Crippen LogP contribution in [0.1, 0.15) is 26.2 Å². The monoisotopic (exact) mass is 362 g/mol. The van der Waals surface area contributed by atoms with Crippen LogP contribution in [-0.2, 0) is 0 Å². The van der Waals surface area contributed by atoms with Crippen molar-refractivity contribution in [3.63, 3.8) is 0 Å². The summed E-state index contributed by atoms with van der Waals surface area (Å²) in [6.45, 7) is 2.01. The number of nitrogens with zero attached hydrogens (tertiary/aromatic N) is 2. The summed E-state index contributed by atoms with van der Waals surface area (Å²) >= 11 is 1.17. The Morgan fingerprint density at radius 2 is 2.17 bits per heavy atom. The highest BCUT2D eigenvalue weighted by molar-refractivity contribution is 7.98. The summed E-state index contributed by atoms with van der Waals surface area (Å²) in [4.78, 5) is 6.08. The van der Waals surface area contributed by atoms with Gasteiger partial charge < -0.3 is 15.4 Å². The normalized spacial score (nSPS) is 24.2. The first-order valence-electron chi connectivity index (χ1n) is 7.72. The van der Waals surface area contributed by atoms with Gasteiger partial charge in [-0.25, -0.2) is 9.38 Å². The molecule has 0 radical (unpaired) electrons. The van der Waals surface area contributed by atoms with Crippen LogP contribution in [0.2, 0.25) is 0 Å². The first-order chi connectivity index (χ1) is 11.3. The summed E-state index contributed by atoms with van der Waals surface area (Å²) < 4.78 is 57.4. The maximum absolute atomic E-state index is 14.0. The molecule has 2 aliphatic heterocycles. The fourth-order valence-electron chi connectivity index (χ4n) is 2.98. The minimum Gasteiger partial charge on any atom is -0.358 e. The zero-order valence-corrected chi connectivity index (χ0v) is 13.8. The van der Waals surface area contributed by atoms with Crippen LogP contribution in [0, 0.1) is 5.82 Å². The predicted octanol–water partition coefficient (Wildman–Crippen LogP) is 3.73. The number of hydrogen-bond acceptors (Lipinski definition) is 5. The van der Waals surface area contributed by atoms with Crippen molar-refractivity contribution in [3.8, 4) is 0 Å². The van der Waals surface area contributed by atoms with Crippen LogP contribution in [0.5, 0.6) is 0 Å². The van der Waals surface area contributed by atoms with Crippen molar-refractivity contribution in [1.82, 2.24) is 4.72 Å². The van der Waals surface area contributed by atoms with E-state index in [4.69, 9.17) is 5.73 Å². The standard InChI is InChI=1S/C15H18F4N4S/c1-2-13-21-14-10(5-8(16)6-11(14)24-22-13)23-4-3-9(20)7-12(23)15(17,18)19/h5-6,9,12H,2-4,7,20H2,1H3,(H,21,22)/t9-,12+/m0/s1. The molecule has 1 aromatic carbocycles.